The number of fused-ring (bicyclic) bond motifs is 1. The number of piperazine rings is 1. The van der Waals surface area contributed by atoms with E-state index in [0.29, 0.717) is 0 Å². The van der Waals surface area contributed by atoms with Crippen molar-refractivity contribution in [1.29, 1.82) is 0 Å². The molecule has 0 radical (unpaired) electrons. The van der Waals surface area contributed by atoms with Crippen LogP contribution >= 0.6 is 24.8 Å². The lowest BCUT2D eigenvalue weighted by molar-refractivity contribution is -0.0140. The molecule has 0 bridgehead atoms. The van der Waals surface area contributed by atoms with E-state index in [2.05, 4.69) is 52.7 Å². The average molecular weight is 425 g/mol. The number of nitrogens with one attached hydrogen (secondary N) is 1. The van der Waals surface area contributed by atoms with Gasteiger partial charge in [0, 0.05) is 38.6 Å². The molecule has 1 unspecified atom stereocenters. The van der Waals surface area contributed by atoms with Crippen molar-refractivity contribution in [1.82, 2.24) is 10.2 Å². The van der Waals surface area contributed by atoms with Crippen molar-refractivity contribution in [2.45, 2.75) is 50.0 Å². The summed E-state index contributed by atoms with van der Waals surface area (Å²) in [6.07, 6.45) is 6.70. The molecule has 1 aliphatic heterocycles. The van der Waals surface area contributed by atoms with Gasteiger partial charge in [-0.05, 0) is 29.2 Å². The van der Waals surface area contributed by atoms with Gasteiger partial charge in [0.1, 0.15) is 0 Å². The smallest absolute Gasteiger partial charge is 0.0728 e. The van der Waals surface area contributed by atoms with E-state index in [0.717, 1.165) is 58.4 Å². The van der Waals surface area contributed by atoms with Crippen LogP contribution in [0.5, 0.6) is 0 Å². The summed E-state index contributed by atoms with van der Waals surface area (Å²) in [5.74, 6) is 0.185. The molecule has 1 aliphatic carbocycles. The number of hydrogen-bond acceptors (Lipinski definition) is 3. The summed E-state index contributed by atoms with van der Waals surface area (Å²) in [4.78, 5) is 2.55. The van der Waals surface area contributed by atoms with Crippen molar-refractivity contribution in [2.75, 3.05) is 32.7 Å². The highest BCUT2D eigenvalue weighted by Crippen LogP contribution is 2.41. The predicted octanol–water partition coefficient (Wildman–Crippen LogP) is 4.76. The highest BCUT2D eigenvalue weighted by molar-refractivity contribution is 5.86. The number of aliphatic hydroxyl groups is 1. The lowest BCUT2D eigenvalue weighted by Crippen LogP contribution is -2.49. The van der Waals surface area contributed by atoms with E-state index in [-0.39, 0.29) is 30.7 Å². The van der Waals surface area contributed by atoms with Crippen LogP contribution in [-0.4, -0.2) is 48.3 Å². The first kappa shape index (κ1) is 23.4. The maximum atomic E-state index is 11.8. The van der Waals surface area contributed by atoms with Gasteiger partial charge >= 0.3 is 0 Å². The van der Waals surface area contributed by atoms with Crippen LogP contribution < -0.4 is 5.32 Å². The number of rotatable bonds is 4. The van der Waals surface area contributed by atoms with E-state index >= 15 is 0 Å². The highest BCUT2D eigenvalue weighted by atomic mass is 35.5. The molecule has 2 fully saturated rings. The minimum atomic E-state index is -0.578. The van der Waals surface area contributed by atoms with Gasteiger partial charge in [-0.2, -0.15) is 0 Å². The van der Waals surface area contributed by atoms with Crippen LogP contribution in [0.4, 0.5) is 0 Å². The fraction of sp³-hybridized carbons (Fsp3) is 0.565. The van der Waals surface area contributed by atoms with Crippen LogP contribution in [-0.2, 0) is 0 Å². The van der Waals surface area contributed by atoms with Gasteiger partial charge in [0.25, 0.3) is 0 Å². The summed E-state index contributed by atoms with van der Waals surface area (Å²) >= 11 is 0. The molecule has 2 aromatic rings. The van der Waals surface area contributed by atoms with Gasteiger partial charge in [0.15, 0.2) is 0 Å². The monoisotopic (exact) mass is 424 g/mol. The third-order valence-electron chi connectivity index (χ3n) is 6.47. The Kier molecular flexibility index (Phi) is 9.04. The number of halogens is 2. The van der Waals surface area contributed by atoms with Crippen LogP contribution in [0, 0.1) is 0 Å². The zero-order valence-electron chi connectivity index (χ0n) is 16.6. The molecule has 1 saturated carbocycles. The molecule has 2 aromatic carbocycles. The molecule has 2 aliphatic rings. The Morgan fingerprint density at radius 2 is 1.54 bits per heavy atom. The molecule has 28 heavy (non-hydrogen) atoms. The normalized spacial score (nSPS) is 21.2. The third kappa shape index (κ3) is 5.20. The molecule has 156 valence electrons. The molecule has 1 saturated heterocycles. The standard InChI is InChI=1S/C23H32N2O.2ClH/c26-23(12-5-1-2-6-13-23)22(18-25-16-14-24-15-17-25)21-11-7-9-19-8-3-4-10-20(19)21;;/h3-4,7-11,22,24,26H,1-2,5-6,12-18H2;2*1H. The van der Waals surface area contributed by atoms with Crippen LogP contribution in [0.3, 0.4) is 0 Å². The summed E-state index contributed by atoms with van der Waals surface area (Å²) in [5, 5.41) is 17.9. The Morgan fingerprint density at radius 3 is 2.25 bits per heavy atom. The zero-order valence-corrected chi connectivity index (χ0v) is 18.2. The maximum Gasteiger partial charge on any atom is 0.0728 e. The lowest BCUT2D eigenvalue weighted by atomic mass is 9.75. The van der Waals surface area contributed by atoms with E-state index in [1.807, 2.05) is 0 Å². The molecule has 0 spiro atoms. The minimum Gasteiger partial charge on any atom is -0.389 e. The Labute approximate surface area is 181 Å². The first-order chi connectivity index (χ1) is 12.8. The summed E-state index contributed by atoms with van der Waals surface area (Å²) in [5.41, 5.74) is 0.761. The van der Waals surface area contributed by atoms with E-state index < -0.39 is 5.60 Å². The first-order valence-corrected chi connectivity index (χ1v) is 10.4. The van der Waals surface area contributed by atoms with Crippen LogP contribution in [0.15, 0.2) is 42.5 Å². The molecular weight excluding hydrogens is 391 g/mol. The second-order valence-corrected chi connectivity index (χ2v) is 8.19. The molecule has 0 amide bonds. The van der Waals surface area contributed by atoms with Crippen molar-refractivity contribution < 1.29 is 5.11 Å². The summed E-state index contributed by atoms with van der Waals surface area (Å²) in [6.45, 7) is 5.24. The average Bonchev–Trinajstić information content (AvgIpc) is 2.92. The van der Waals surface area contributed by atoms with E-state index in [1.165, 1.54) is 29.2 Å². The second kappa shape index (κ2) is 10.8. The maximum absolute atomic E-state index is 11.8. The molecular formula is C23H34Cl2N2O. The van der Waals surface area contributed by atoms with E-state index in [1.54, 1.807) is 0 Å². The topological polar surface area (TPSA) is 35.5 Å². The largest absolute Gasteiger partial charge is 0.389 e. The number of hydrogen-bond donors (Lipinski definition) is 2. The molecule has 0 aromatic heterocycles. The van der Waals surface area contributed by atoms with Crippen molar-refractivity contribution in [3.05, 3.63) is 48.0 Å². The second-order valence-electron chi connectivity index (χ2n) is 8.19. The van der Waals surface area contributed by atoms with E-state index in [4.69, 9.17) is 0 Å². The van der Waals surface area contributed by atoms with Crippen molar-refractivity contribution in [2.24, 2.45) is 0 Å². The predicted molar refractivity (Wildman–Crippen MR) is 123 cm³/mol. The zero-order chi connectivity index (χ0) is 17.8. The molecule has 4 rings (SSSR count). The van der Waals surface area contributed by atoms with Gasteiger partial charge in [-0.1, -0.05) is 68.1 Å². The third-order valence-corrected chi connectivity index (χ3v) is 6.47. The van der Waals surface area contributed by atoms with Crippen LogP contribution in [0.2, 0.25) is 0 Å². The van der Waals surface area contributed by atoms with Crippen molar-refractivity contribution in [3.63, 3.8) is 0 Å². The summed E-state index contributed by atoms with van der Waals surface area (Å²) < 4.78 is 0. The van der Waals surface area contributed by atoms with Gasteiger partial charge in [0.05, 0.1) is 5.60 Å². The highest BCUT2D eigenvalue weighted by Gasteiger charge is 2.39. The van der Waals surface area contributed by atoms with Crippen LogP contribution in [0.1, 0.15) is 50.0 Å². The summed E-state index contributed by atoms with van der Waals surface area (Å²) in [7, 11) is 0. The van der Waals surface area contributed by atoms with Gasteiger partial charge in [-0.3, -0.25) is 0 Å². The first-order valence-electron chi connectivity index (χ1n) is 10.4. The van der Waals surface area contributed by atoms with Crippen molar-refractivity contribution in [3.8, 4) is 0 Å². The van der Waals surface area contributed by atoms with Gasteiger partial charge in [0.2, 0.25) is 0 Å². The molecule has 1 atom stereocenters. The Morgan fingerprint density at radius 1 is 0.893 bits per heavy atom. The fourth-order valence-corrected chi connectivity index (χ4v) is 4.95. The Hall–Kier alpha value is -0.840. The quantitative estimate of drug-likeness (QED) is 0.694. The molecule has 3 nitrogen and oxygen atoms in total. The van der Waals surface area contributed by atoms with Gasteiger partial charge in [-0.15, -0.1) is 24.8 Å². The SMILES string of the molecule is Cl.Cl.OC1(C(CN2CCNCC2)c2cccc3ccccc23)CCCCCC1. The van der Waals surface area contributed by atoms with E-state index in [9.17, 15) is 5.11 Å². The number of nitrogens with zero attached hydrogens (tertiary/aromatic N) is 1. The Bertz CT molecular complexity index is 720. The van der Waals surface area contributed by atoms with Gasteiger partial charge in [-0.25, -0.2) is 0 Å². The minimum absolute atomic E-state index is 0. The molecule has 5 heteroatoms. The molecule has 1 heterocycles. The number of benzene rings is 2. The molecule has 2 N–H and O–H groups in total. The van der Waals surface area contributed by atoms with Gasteiger partial charge < -0.3 is 15.3 Å². The fourth-order valence-electron chi connectivity index (χ4n) is 4.95. The van der Waals surface area contributed by atoms with Crippen molar-refractivity contribution >= 4 is 35.6 Å². The van der Waals surface area contributed by atoms with Crippen LogP contribution in [0.25, 0.3) is 10.8 Å². The lowest BCUT2D eigenvalue weighted by Gasteiger charge is -2.40. The summed E-state index contributed by atoms with van der Waals surface area (Å²) in [6, 6.07) is 15.3. The Balaban J connectivity index is 0.00000140.